The van der Waals surface area contributed by atoms with Crippen LogP contribution >= 0.6 is 0 Å². The summed E-state index contributed by atoms with van der Waals surface area (Å²) in [7, 11) is 1.34. The number of esters is 1. The zero-order valence-corrected chi connectivity index (χ0v) is 19.0. The van der Waals surface area contributed by atoms with Gasteiger partial charge in [-0.2, -0.15) is 0 Å². The Bertz CT molecular complexity index is 1510. The predicted octanol–water partition coefficient (Wildman–Crippen LogP) is 4.74. The molecule has 2 heterocycles. The minimum Gasteiger partial charge on any atom is -0.465 e. The van der Waals surface area contributed by atoms with E-state index in [0.717, 1.165) is 5.69 Å². The van der Waals surface area contributed by atoms with Crippen molar-refractivity contribution in [2.45, 2.75) is 12.8 Å². The SMILES string of the molecule is COC(=O)c1ccc(Nc2cc(N3CCC(=O)CC3)c3noc4c3c2C(=O)c2ccccc2-4)cc1. The number of fused-ring (bicyclic) bond motifs is 2. The van der Waals surface area contributed by atoms with E-state index >= 15 is 0 Å². The van der Waals surface area contributed by atoms with Gasteiger partial charge in [0.05, 0.1) is 35.0 Å². The number of hydrogen-bond donors (Lipinski definition) is 1. The highest BCUT2D eigenvalue weighted by molar-refractivity contribution is 6.28. The summed E-state index contributed by atoms with van der Waals surface area (Å²) in [5.41, 5.74) is 4.93. The summed E-state index contributed by atoms with van der Waals surface area (Å²) < 4.78 is 10.6. The molecule has 0 radical (unpaired) electrons. The van der Waals surface area contributed by atoms with E-state index in [2.05, 4.69) is 15.4 Å². The summed E-state index contributed by atoms with van der Waals surface area (Å²) in [6.45, 7) is 1.15. The van der Waals surface area contributed by atoms with Crippen molar-refractivity contribution in [2.75, 3.05) is 30.4 Å². The second kappa shape index (κ2) is 8.09. The Labute approximate surface area is 200 Å². The first-order valence-corrected chi connectivity index (χ1v) is 11.4. The highest BCUT2D eigenvalue weighted by atomic mass is 16.5. The molecule has 8 nitrogen and oxygen atoms in total. The lowest BCUT2D eigenvalue weighted by atomic mass is 9.86. The zero-order valence-electron chi connectivity index (χ0n) is 19.0. The van der Waals surface area contributed by atoms with E-state index in [1.54, 1.807) is 30.3 Å². The summed E-state index contributed by atoms with van der Waals surface area (Å²) in [5.74, 6) is 0.264. The van der Waals surface area contributed by atoms with Crippen LogP contribution in [0.1, 0.15) is 39.1 Å². The van der Waals surface area contributed by atoms with Crippen LogP contribution in [0.25, 0.3) is 22.2 Å². The first-order chi connectivity index (χ1) is 17.0. The average Bonchev–Trinajstić information content (AvgIpc) is 3.33. The van der Waals surface area contributed by atoms with E-state index < -0.39 is 5.97 Å². The molecule has 8 heteroatoms. The molecule has 1 N–H and O–H groups in total. The van der Waals surface area contributed by atoms with Crippen LogP contribution in [0.15, 0.2) is 59.1 Å². The zero-order chi connectivity index (χ0) is 24.1. The van der Waals surface area contributed by atoms with Gasteiger partial charge in [0.2, 0.25) is 0 Å². The number of aromatic nitrogens is 1. The van der Waals surface area contributed by atoms with E-state index in [0.29, 0.717) is 76.2 Å². The highest BCUT2D eigenvalue weighted by Gasteiger charge is 2.34. The van der Waals surface area contributed by atoms with Crippen LogP contribution in [-0.4, -0.2) is 42.9 Å². The molecule has 3 aromatic carbocycles. The smallest absolute Gasteiger partial charge is 0.337 e. The van der Waals surface area contributed by atoms with Crippen molar-refractivity contribution in [3.05, 3.63) is 71.3 Å². The molecule has 0 atom stereocenters. The van der Waals surface area contributed by atoms with Gasteiger partial charge in [0.1, 0.15) is 11.3 Å². The largest absolute Gasteiger partial charge is 0.465 e. The highest BCUT2D eigenvalue weighted by Crippen LogP contribution is 2.46. The Morgan fingerprint density at radius 1 is 1.03 bits per heavy atom. The Balaban J connectivity index is 1.52. The molecule has 1 fully saturated rings. The molecule has 1 aromatic heterocycles. The molecule has 1 saturated heterocycles. The molecule has 4 aromatic rings. The maximum atomic E-state index is 13.7. The molecule has 35 heavy (non-hydrogen) atoms. The van der Waals surface area contributed by atoms with E-state index in [4.69, 9.17) is 9.26 Å². The number of nitrogens with zero attached hydrogens (tertiary/aromatic N) is 2. The summed E-state index contributed by atoms with van der Waals surface area (Å²) in [6, 6.07) is 16.1. The fourth-order valence-electron chi connectivity index (χ4n) is 4.84. The number of rotatable bonds is 4. The van der Waals surface area contributed by atoms with Crippen LogP contribution in [0.2, 0.25) is 0 Å². The van der Waals surface area contributed by atoms with Crippen molar-refractivity contribution in [1.29, 1.82) is 0 Å². The van der Waals surface area contributed by atoms with Crippen molar-refractivity contribution in [2.24, 2.45) is 0 Å². The van der Waals surface area contributed by atoms with Crippen LogP contribution in [0.5, 0.6) is 0 Å². The molecule has 0 saturated carbocycles. The van der Waals surface area contributed by atoms with E-state index in [1.165, 1.54) is 7.11 Å². The quantitative estimate of drug-likeness (QED) is 0.378. The second-order valence-corrected chi connectivity index (χ2v) is 8.65. The number of Topliss-reactive ketones (excluding diaryl/α,β-unsaturated/α-hetero) is 1. The van der Waals surface area contributed by atoms with Gasteiger partial charge >= 0.3 is 5.97 Å². The number of ketones is 2. The maximum Gasteiger partial charge on any atom is 0.337 e. The van der Waals surface area contributed by atoms with Gasteiger partial charge in [0.15, 0.2) is 11.5 Å². The minimum absolute atomic E-state index is 0.115. The molecule has 2 aliphatic rings. The number of anilines is 3. The normalized spacial score (nSPS) is 14.7. The summed E-state index contributed by atoms with van der Waals surface area (Å²) >= 11 is 0. The van der Waals surface area contributed by atoms with Crippen LogP contribution in [0.4, 0.5) is 17.1 Å². The van der Waals surface area contributed by atoms with E-state index in [9.17, 15) is 14.4 Å². The van der Waals surface area contributed by atoms with Gasteiger partial charge in [0.25, 0.3) is 0 Å². The predicted molar refractivity (Wildman–Crippen MR) is 130 cm³/mol. The Morgan fingerprint density at radius 3 is 2.46 bits per heavy atom. The van der Waals surface area contributed by atoms with Crippen molar-refractivity contribution in [1.82, 2.24) is 5.16 Å². The fraction of sp³-hybridized carbons (Fsp3) is 0.185. The van der Waals surface area contributed by atoms with Crippen molar-refractivity contribution < 1.29 is 23.6 Å². The van der Waals surface area contributed by atoms with Gasteiger partial charge in [-0.1, -0.05) is 29.4 Å². The summed E-state index contributed by atoms with van der Waals surface area (Å²) in [5, 5.41) is 8.40. The second-order valence-electron chi connectivity index (χ2n) is 8.65. The molecule has 0 bridgehead atoms. The molecular weight excluding hydrogens is 446 g/mol. The number of carbonyl (C=O) groups excluding carboxylic acids is 3. The monoisotopic (exact) mass is 467 g/mol. The van der Waals surface area contributed by atoms with Crippen LogP contribution in [0, 0.1) is 0 Å². The first-order valence-electron chi connectivity index (χ1n) is 11.4. The number of hydrogen-bond acceptors (Lipinski definition) is 8. The number of carbonyl (C=O) groups is 3. The van der Waals surface area contributed by atoms with Gasteiger partial charge in [-0.15, -0.1) is 0 Å². The number of ether oxygens (including phenoxy) is 1. The van der Waals surface area contributed by atoms with Crippen LogP contribution < -0.4 is 10.2 Å². The fourth-order valence-corrected chi connectivity index (χ4v) is 4.84. The number of piperidine rings is 1. The van der Waals surface area contributed by atoms with Gasteiger partial charge < -0.3 is 19.5 Å². The maximum absolute atomic E-state index is 13.7. The van der Waals surface area contributed by atoms with Gasteiger partial charge in [-0.05, 0) is 30.3 Å². The van der Waals surface area contributed by atoms with E-state index in [-0.39, 0.29) is 11.6 Å². The third-order valence-corrected chi connectivity index (χ3v) is 6.63. The summed E-state index contributed by atoms with van der Waals surface area (Å²) in [4.78, 5) is 39.5. The molecule has 0 amide bonds. The number of benzene rings is 3. The Hall–Kier alpha value is -4.46. The molecule has 1 aliphatic carbocycles. The lowest BCUT2D eigenvalue weighted by molar-refractivity contribution is -0.119. The topological polar surface area (TPSA) is 102 Å². The standard InChI is InChI=1S/C27H21N3O5/c1-34-27(33)15-6-8-16(9-7-15)28-20-14-21(30-12-10-17(31)11-13-30)24-23-22(20)25(32)18-4-2-3-5-19(18)26(23)35-29-24/h2-9,14,28H,10-13H2,1H3. The minimum atomic E-state index is -0.420. The van der Waals surface area contributed by atoms with Crippen molar-refractivity contribution in [3.8, 4) is 11.3 Å². The van der Waals surface area contributed by atoms with Crippen LogP contribution in [0.3, 0.4) is 0 Å². The Kier molecular flexibility index (Phi) is 4.88. The van der Waals surface area contributed by atoms with Crippen LogP contribution in [-0.2, 0) is 9.53 Å². The average molecular weight is 467 g/mol. The van der Waals surface area contributed by atoms with Crippen molar-refractivity contribution in [3.63, 3.8) is 0 Å². The lowest BCUT2D eigenvalue weighted by Gasteiger charge is -2.29. The van der Waals surface area contributed by atoms with Crippen molar-refractivity contribution >= 4 is 45.5 Å². The number of methoxy groups -OCH3 is 1. The van der Waals surface area contributed by atoms with Gasteiger partial charge in [-0.3, -0.25) is 9.59 Å². The third-order valence-electron chi connectivity index (χ3n) is 6.63. The molecule has 1 aliphatic heterocycles. The molecule has 174 valence electrons. The number of nitrogens with one attached hydrogen (secondary N) is 1. The third kappa shape index (κ3) is 3.37. The first kappa shape index (κ1) is 21.1. The van der Waals surface area contributed by atoms with Gasteiger partial charge in [-0.25, -0.2) is 4.79 Å². The van der Waals surface area contributed by atoms with Gasteiger partial charge in [0, 0.05) is 42.7 Å². The Morgan fingerprint density at radius 2 is 1.74 bits per heavy atom. The molecular formula is C27H21N3O5. The molecule has 0 unspecified atom stereocenters. The molecule has 6 rings (SSSR count). The summed E-state index contributed by atoms with van der Waals surface area (Å²) in [6.07, 6.45) is 0.931. The van der Waals surface area contributed by atoms with E-state index in [1.807, 2.05) is 24.3 Å². The lowest BCUT2D eigenvalue weighted by Crippen LogP contribution is -2.34. The molecule has 0 spiro atoms.